The SMILES string of the molecule is CC1CCC(n2cc(C(NCC(C)CCO)C(F)(F)F)cn2)CC1. The van der Waals surface area contributed by atoms with E-state index < -0.39 is 12.2 Å². The summed E-state index contributed by atoms with van der Waals surface area (Å²) < 4.78 is 41.9. The highest BCUT2D eigenvalue weighted by Crippen LogP contribution is 2.35. The fraction of sp³-hybridized carbons (Fsp3) is 0.824. The van der Waals surface area contributed by atoms with Gasteiger partial charge in [-0.25, -0.2) is 0 Å². The molecule has 1 aromatic rings. The van der Waals surface area contributed by atoms with Crippen molar-refractivity contribution in [3.8, 4) is 0 Å². The van der Waals surface area contributed by atoms with Crippen LogP contribution in [0.15, 0.2) is 12.4 Å². The number of halogens is 3. The third kappa shape index (κ3) is 5.21. The molecule has 2 N–H and O–H groups in total. The molecule has 0 aromatic carbocycles. The van der Waals surface area contributed by atoms with E-state index in [9.17, 15) is 13.2 Å². The van der Waals surface area contributed by atoms with Gasteiger partial charge in [-0.05, 0) is 50.5 Å². The maximum Gasteiger partial charge on any atom is 0.408 e. The summed E-state index contributed by atoms with van der Waals surface area (Å²) in [6.07, 6.45) is 3.13. The Bertz CT molecular complexity index is 496. The van der Waals surface area contributed by atoms with Crippen molar-refractivity contribution in [2.75, 3.05) is 13.2 Å². The van der Waals surface area contributed by atoms with Crippen LogP contribution in [0.5, 0.6) is 0 Å². The van der Waals surface area contributed by atoms with Gasteiger partial charge in [0.15, 0.2) is 0 Å². The molecular formula is C17H28F3N3O. The van der Waals surface area contributed by atoms with Crippen molar-refractivity contribution >= 4 is 0 Å². The van der Waals surface area contributed by atoms with Gasteiger partial charge in [-0.15, -0.1) is 0 Å². The second-order valence-corrected chi connectivity index (χ2v) is 7.17. The van der Waals surface area contributed by atoms with Crippen LogP contribution in [0.25, 0.3) is 0 Å². The molecule has 2 unspecified atom stereocenters. The van der Waals surface area contributed by atoms with Crippen molar-refractivity contribution in [1.82, 2.24) is 15.1 Å². The Labute approximate surface area is 141 Å². The fourth-order valence-electron chi connectivity index (χ4n) is 3.27. The minimum atomic E-state index is -4.37. The Kier molecular flexibility index (Phi) is 6.69. The monoisotopic (exact) mass is 347 g/mol. The Morgan fingerprint density at radius 2 is 2.00 bits per heavy atom. The minimum absolute atomic E-state index is 0.0163. The summed E-state index contributed by atoms with van der Waals surface area (Å²) in [5.74, 6) is 0.670. The molecular weight excluding hydrogens is 319 g/mol. The summed E-state index contributed by atoms with van der Waals surface area (Å²) in [4.78, 5) is 0. The lowest BCUT2D eigenvalue weighted by molar-refractivity contribution is -0.158. The first-order chi connectivity index (χ1) is 11.3. The molecule has 1 heterocycles. The molecule has 24 heavy (non-hydrogen) atoms. The molecule has 7 heteroatoms. The van der Waals surface area contributed by atoms with E-state index in [4.69, 9.17) is 5.11 Å². The summed E-state index contributed by atoms with van der Waals surface area (Å²) in [5, 5.41) is 15.7. The van der Waals surface area contributed by atoms with Gasteiger partial charge in [0.2, 0.25) is 0 Å². The number of alkyl halides is 3. The quantitative estimate of drug-likeness (QED) is 0.788. The van der Waals surface area contributed by atoms with Gasteiger partial charge in [0.05, 0.1) is 12.2 Å². The molecule has 1 fully saturated rings. The zero-order valence-corrected chi connectivity index (χ0v) is 14.4. The van der Waals surface area contributed by atoms with E-state index in [0.717, 1.165) is 25.7 Å². The molecule has 1 aliphatic carbocycles. The Morgan fingerprint density at radius 3 is 2.58 bits per heavy atom. The Morgan fingerprint density at radius 1 is 1.33 bits per heavy atom. The molecule has 0 amide bonds. The minimum Gasteiger partial charge on any atom is -0.396 e. The van der Waals surface area contributed by atoms with Crippen molar-refractivity contribution in [3.05, 3.63) is 18.0 Å². The predicted octanol–water partition coefficient (Wildman–Crippen LogP) is 3.85. The highest BCUT2D eigenvalue weighted by atomic mass is 19.4. The number of aliphatic hydroxyl groups is 1. The molecule has 0 bridgehead atoms. The largest absolute Gasteiger partial charge is 0.408 e. The third-order valence-corrected chi connectivity index (χ3v) is 4.93. The highest BCUT2D eigenvalue weighted by molar-refractivity contribution is 5.13. The van der Waals surface area contributed by atoms with Crippen molar-refractivity contribution in [1.29, 1.82) is 0 Å². The highest BCUT2D eigenvalue weighted by Gasteiger charge is 2.41. The number of aliphatic hydroxyl groups excluding tert-OH is 1. The number of hydrogen-bond donors (Lipinski definition) is 2. The van der Waals surface area contributed by atoms with E-state index in [-0.39, 0.29) is 30.7 Å². The summed E-state index contributed by atoms with van der Waals surface area (Å²) in [6, 6.07) is -1.51. The van der Waals surface area contributed by atoms with Gasteiger partial charge in [-0.3, -0.25) is 4.68 Å². The topological polar surface area (TPSA) is 50.1 Å². The molecule has 2 atom stereocenters. The van der Waals surface area contributed by atoms with E-state index in [1.54, 1.807) is 10.9 Å². The molecule has 1 aromatic heterocycles. The van der Waals surface area contributed by atoms with E-state index in [0.29, 0.717) is 12.3 Å². The van der Waals surface area contributed by atoms with Crippen molar-refractivity contribution in [2.24, 2.45) is 11.8 Å². The van der Waals surface area contributed by atoms with Gasteiger partial charge in [-0.1, -0.05) is 13.8 Å². The van der Waals surface area contributed by atoms with Crippen LogP contribution in [0.2, 0.25) is 0 Å². The van der Waals surface area contributed by atoms with Crippen molar-refractivity contribution < 1.29 is 18.3 Å². The lowest BCUT2D eigenvalue weighted by Gasteiger charge is -2.26. The molecule has 138 valence electrons. The number of hydrogen-bond acceptors (Lipinski definition) is 3. The van der Waals surface area contributed by atoms with Gasteiger partial charge >= 0.3 is 6.18 Å². The second kappa shape index (κ2) is 8.34. The summed E-state index contributed by atoms with van der Waals surface area (Å²) in [5.41, 5.74) is 0.164. The summed E-state index contributed by atoms with van der Waals surface area (Å²) >= 11 is 0. The van der Waals surface area contributed by atoms with Crippen LogP contribution >= 0.6 is 0 Å². The lowest BCUT2D eigenvalue weighted by Crippen LogP contribution is -2.36. The van der Waals surface area contributed by atoms with Crippen LogP contribution in [-0.4, -0.2) is 34.2 Å². The van der Waals surface area contributed by atoms with Crippen LogP contribution in [-0.2, 0) is 0 Å². The van der Waals surface area contributed by atoms with E-state index >= 15 is 0 Å². The van der Waals surface area contributed by atoms with E-state index in [2.05, 4.69) is 17.3 Å². The second-order valence-electron chi connectivity index (χ2n) is 7.17. The molecule has 0 radical (unpaired) electrons. The van der Waals surface area contributed by atoms with Gasteiger partial charge in [0.1, 0.15) is 6.04 Å². The number of rotatable bonds is 7. The maximum absolute atomic E-state index is 13.4. The molecule has 2 rings (SSSR count). The average molecular weight is 347 g/mol. The Balaban J connectivity index is 2.04. The molecule has 1 saturated carbocycles. The number of nitrogens with one attached hydrogen (secondary N) is 1. The molecule has 0 saturated heterocycles. The first kappa shape index (κ1) is 19.2. The normalized spacial score (nSPS) is 24.8. The van der Waals surface area contributed by atoms with Crippen molar-refractivity contribution in [2.45, 2.75) is 64.2 Å². The van der Waals surface area contributed by atoms with Crippen LogP contribution in [0.1, 0.15) is 63.6 Å². The van der Waals surface area contributed by atoms with Crippen LogP contribution in [0.4, 0.5) is 13.2 Å². The van der Waals surface area contributed by atoms with Crippen molar-refractivity contribution in [3.63, 3.8) is 0 Å². The molecule has 4 nitrogen and oxygen atoms in total. The molecule has 0 aliphatic heterocycles. The lowest BCUT2D eigenvalue weighted by atomic mass is 9.87. The van der Waals surface area contributed by atoms with Crippen LogP contribution in [0, 0.1) is 11.8 Å². The zero-order valence-electron chi connectivity index (χ0n) is 14.4. The Hall–Kier alpha value is -1.08. The van der Waals surface area contributed by atoms with Gasteiger partial charge in [0.25, 0.3) is 0 Å². The predicted molar refractivity (Wildman–Crippen MR) is 86.6 cm³/mol. The van der Waals surface area contributed by atoms with Crippen LogP contribution < -0.4 is 5.32 Å². The standard InChI is InChI=1S/C17H28F3N3O/c1-12-3-5-15(6-4-12)23-11-14(10-22-23)16(17(18,19)20)21-9-13(2)7-8-24/h10-13,15-16,21,24H,3-9H2,1-2H3. The van der Waals surface area contributed by atoms with Gasteiger partial charge in [0, 0.05) is 18.4 Å². The van der Waals surface area contributed by atoms with Crippen LogP contribution in [0.3, 0.4) is 0 Å². The number of aromatic nitrogens is 2. The van der Waals surface area contributed by atoms with Gasteiger partial charge < -0.3 is 10.4 Å². The average Bonchev–Trinajstić information content (AvgIpc) is 2.96. The summed E-state index contributed by atoms with van der Waals surface area (Å²) in [6.45, 7) is 4.22. The maximum atomic E-state index is 13.4. The zero-order chi connectivity index (χ0) is 17.7. The first-order valence-corrected chi connectivity index (χ1v) is 8.76. The third-order valence-electron chi connectivity index (χ3n) is 4.93. The van der Waals surface area contributed by atoms with E-state index in [1.165, 1.54) is 6.20 Å². The fourth-order valence-corrected chi connectivity index (χ4v) is 3.27. The number of nitrogens with zero attached hydrogens (tertiary/aromatic N) is 2. The summed E-state index contributed by atoms with van der Waals surface area (Å²) in [7, 11) is 0. The smallest absolute Gasteiger partial charge is 0.396 e. The van der Waals surface area contributed by atoms with Gasteiger partial charge in [-0.2, -0.15) is 18.3 Å². The molecule has 0 spiro atoms. The molecule has 1 aliphatic rings. The van der Waals surface area contributed by atoms with E-state index in [1.807, 2.05) is 6.92 Å². The first-order valence-electron chi connectivity index (χ1n) is 8.76.